The molecular weight excluding hydrogens is 182 g/mol. The van der Waals surface area contributed by atoms with Crippen LogP contribution in [0.5, 0.6) is 0 Å². The highest BCUT2D eigenvalue weighted by molar-refractivity contribution is 4.75. The molecule has 0 amide bonds. The van der Waals surface area contributed by atoms with E-state index in [-0.39, 0.29) is 0 Å². The molecule has 1 heteroatoms. The van der Waals surface area contributed by atoms with Crippen molar-refractivity contribution in [3.63, 3.8) is 0 Å². The fourth-order valence-electron chi connectivity index (χ4n) is 2.68. The van der Waals surface area contributed by atoms with Crippen LogP contribution in [0.4, 0.5) is 0 Å². The van der Waals surface area contributed by atoms with Crippen LogP contribution < -0.4 is 5.32 Å². The lowest BCUT2D eigenvalue weighted by Gasteiger charge is -2.28. The lowest BCUT2D eigenvalue weighted by atomic mass is 9.84. The molecule has 1 atom stereocenters. The molecule has 1 nitrogen and oxygen atoms in total. The van der Waals surface area contributed by atoms with Gasteiger partial charge >= 0.3 is 0 Å². The Labute approximate surface area is 96.0 Å². The van der Waals surface area contributed by atoms with Crippen LogP contribution in [0.3, 0.4) is 0 Å². The highest BCUT2D eigenvalue weighted by Crippen LogP contribution is 2.26. The Morgan fingerprint density at radius 3 is 2.47 bits per heavy atom. The van der Waals surface area contributed by atoms with Crippen molar-refractivity contribution in [3.05, 3.63) is 0 Å². The van der Waals surface area contributed by atoms with Gasteiger partial charge in [0.15, 0.2) is 0 Å². The molecule has 90 valence electrons. The second-order valence-corrected chi connectivity index (χ2v) is 5.20. The van der Waals surface area contributed by atoms with Gasteiger partial charge in [0, 0.05) is 6.04 Å². The van der Waals surface area contributed by atoms with Crippen LogP contribution in [0.15, 0.2) is 0 Å². The van der Waals surface area contributed by atoms with Gasteiger partial charge in [-0.1, -0.05) is 45.4 Å². The normalized spacial score (nSPS) is 20.4. The first kappa shape index (κ1) is 13.0. The Kier molecular flexibility index (Phi) is 7.08. The standard InChI is InChI=1S/C14H29N/c1-3-4-5-9-12-15-13(2)14-10-7-6-8-11-14/h13-15H,3-12H2,1-2H3/t13-/m1/s1. The predicted molar refractivity (Wildman–Crippen MR) is 68.2 cm³/mol. The molecule has 1 saturated carbocycles. The molecule has 0 bridgehead atoms. The van der Waals surface area contributed by atoms with Crippen molar-refractivity contribution in [3.8, 4) is 0 Å². The van der Waals surface area contributed by atoms with Gasteiger partial charge in [-0.2, -0.15) is 0 Å². The molecule has 0 aromatic carbocycles. The first-order valence-electron chi connectivity index (χ1n) is 7.08. The molecule has 15 heavy (non-hydrogen) atoms. The zero-order chi connectivity index (χ0) is 10.9. The van der Waals surface area contributed by atoms with Crippen LogP contribution in [0.2, 0.25) is 0 Å². The topological polar surface area (TPSA) is 12.0 Å². The second kappa shape index (κ2) is 8.15. The first-order chi connectivity index (χ1) is 7.34. The highest BCUT2D eigenvalue weighted by atomic mass is 14.9. The van der Waals surface area contributed by atoms with Crippen molar-refractivity contribution in [2.75, 3.05) is 6.54 Å². The summed E-state index contributed by atoms with van der Waals surface area (Å²) in [6.07, 6.45) is 12.8. The largest absolute Gasteiger partial charge is 0.314 e. The molecule has 1 rings (SSSR count). The van der Waals surface area contributed by atoms with E-state index in [1.165, 1.54) is 64.3 Å². The summed E-state index contributed by atoms with van der Waals surface area (Å²) in [5.41, 5.74) is 0. The lowest BCUT2D eigenvalue weighted by Crippen LogP contribution is -2.35. The first-order valence-corrected chi connectivity index (χ1v) is 7.08. The van der Waals surface area contributed by atoms with E-state index in [9.17, 15) is 0 Å². The molecule has 1 fully saturated rings. The van der Waals surface area contributed by atoms with Crippen LogP contribution in [-0.2, 0) is 0 Å². The van der Waals surface area contributed by atoms with E-state index in [0.717, 1.165) is 12.0 Å². The maximum Gasteiger partial charge on any atom is 0.00669 e. The predicted octanol–water partition coefficient (Wildman–Crippen LogP) is 4.13. The van der Waals surface area contributed by atoms with Crippen LogP contribution in [-0.4, -0.2) is 12.6 Å². The van der Waals surface area contributed by atoms with E-state index in [1.54, 1.807) is 0 Å². The monoisotopic (exact) mass is 211 g/mol. The maximum absolute atomic E-state index is 3.71. The van der Waals surface area contributed by atoms with Crippen molar-refractivity contribution in [1.82, 2.24) is 5.32 Å². The van der Waals surface area contributed by atoms with Gasteiger partial charge in [0.05, 0.1) is 0 Å². The van der Waals surface area contributed by atoms with Gasteiger partial charge < -0.3 is 5.32 Å². The van der Waals surface area contributed by atoms with Crippen molar-refractivity contribution in [2.45, 2.75) is 77.7 Å². The molecule has 0 saturated heterocycles. The highest BCUT2D eigenvalue weighted by Gasteiger charge is 2.18. The number of unbranched alkanes of at least 4 members (excludes halogenated alkanes) is 3. The smallest absolute Gasteiger partial charge is 0.00669 e. The van der Waals surface area contributed by atoms with Gasteiger partial charge in [-0.3, -0.25) is 0 Å². The van der Waals surface area contributed by atoms with Crippen molar-refractivity contribution >= 4 is 0 Å². The van der Waals surface area contributed by atoms with Crippen LogP contribution in [0.25, 0.3) is 0 Å². The minimum atomic E-state index is 0.756. The average Bonchev–Trinajstić information content (AvgIpc) is 2.30. The van der Waals surface area contributed by atoms with E-state index in [1.807, 2.05) is 0 Å². The molecule has 0 aromatic heterocycles. The van der Waals surface area contributed by atoms with E-state index < -0.39 is 0 Å². The number of hydrogen-bond acceptors (Lipinski definition) is 1. The third kappa shape index (κ3) is 5.55. The fraction of sp³-hybridized carbons (Fsp3) is 1.00. The molecule has 1 aliphatic carbocycles. The van der Waals surface area contributed by atoms with Gasteiger partial charge in [0.1, 0.15) is 0 Å². The fourth-order valence-corrected chi connectivity index (χ4v) is 2.68. The summed E-state index contributed by atoms with van der Waals surface area (Å²) in [5.74, 6) is 0.963. The average molecular weight is 211 g/mol. The van der Waals surface area contributed by atoms with Gasteiger partial charge in [0.25, 0.3) is 0 Å². The van der Waals surface area contributed by atoms with E-state index in [0.29, 0.717) is 0 Å². The minimum Gasteiger partial charge on any atom is -0.314 e. The molecule has 0 heterocycles. The quantitative estimate of drug-likeness (QED) is 0.624. The molecule has 1 N–H and O–H groups in total. The summed E-state index contributed by atoms with van der Waals surface area (Å²) < 4.78 is 0. The summed E-state index contributed by atoms with van der Waals surface area (Å²) >= 11 is 0. The molecule has 0 radical (unpaired) electrons. The molecule has 0 spiro atoms. The van der Waals surface area contributed by atoms with E-state index >= 15 is 0 Å². The van der Waals surface area contributed by atoms with Gasteiger partial charge in [0.2, 0.25) is 0 Å². The minimum absolute atomic E-state index is 0.756. The summed E-state index contributed by atoms with van der Waals surface area (Å²) in [5, 5.41) is 3.71. The summed E-state index contributed by atoms with van der Waals surface area (Å²) in [4.78, 5) is 0. The van der Waals surface area contributed by atoms with Crippen LogP contribution >= 0.6 is 0 Å². The summed E-state index contributed by atoms with van der Waals surface area (Å²) in [6.45, 7) is 5.89. The van der Waals surface area contributed by atoms with Crippen LogP contribution in [0, 0.1) is 5.92 Å². The maximum atomic E-state index is 3.71. The molecule has 0 unspecified atom stereocenters. The third-order valence-corrected chi connectivity index (χ3v) is 3.85. The molecule has 0 aliphatic heterocycles. The SMILES string of the molecule is CCCCCCN[C@H](C)C1CCCCC1. The molecule has 1 aliphatic rings. The van der Waals surface area contributed by atoms with Gasteiger partial charge in [-0.15, -0.1) is 0 Å². The number of rotatable bonds is 7. The lowest BCUT2D eigenvalue weighted by molar-refractivity contribution is 0.281. The van der Waals surface area contributed by atoms with Crippen LogP contribution in [0.1, 0.15) is 71.6 Å². The van der Waals surface area contributed by atoms with Crippen molar-refractivity contribution < 1.29 is 0 Å². The zero-order valence-electron chi connectivity index (χ0n) is 10.7. The van der Waals surface area contributed by atoms with Crippen molar-refractivity contribution in [2.24, 2.45) is 5.92 Å². The Bertz CT molecular complexity index is 138. The van der Waals surface area contributed by atoms with Gasteiger partial charge in [-0.25, -0.2) is 0 Å². The Balaban J connectivity index is 1.99. The zero-order valence-corrected chi connectivity index (χ0v) is 10.7. The Morgan fingerprint density at radius 2 is 1.80 bits per heavy atom. The second-order valence-electron chi connectivity index (χ2n) is 5.20. The Morgan fingerprint density at radius 1 is 1.07 bits per heavy atom. The van der Waals surface area contributed by atoms with E-state index in [4.69, 9.17) is 0 Å². The summed E-state index contributed by atoms with van der Waals surface area (Å²) in [7, 11) is 0. The third-order valence-electron chi connectivity index (χ3n) is 3.85. The van der Waals surface area contributed by atoms with Crippen molar-refractivity contribution in [1.29, 1.82) is 0 Å². The molecular formula is C14H29N. The summed E-state index contributed by atoms with van der Waals surface area (Å²) in [6, 6.07) is 0.756. The number of hydrogen-bond donors (Lipinski definition) is 1. The number of nitrogens with one attached hydrogen (secondary N) is 1. The van der Waals surface area contributed by atoms with Gasteiger partial charge in [-0.05, 0) is 38.6 Å². The Hall–Kier alpha value is -0.0400. The molecule has 0 aromatic rings. The van der Waals surface area contributed by atoms with E-state index in [2.05, 4.69) is 19.2 Å².